The van der Waals surface area contributed by atoms with E-state index in [1.165, 1.54) is 29.1 Å². The molecule has 3 rings (SSSR count). The second-order valence-electron chi connectivity index (χ2n) is 6.35. The lowest BCUT2D eigenvalue weighted by molar-refractivity contribution is 0.316. The Bertz CT molecular complexity index is 800. The Hall–Kier alpha value is -2.01. The van der Waals surface area contributed by atoms with Gasteiger partial charge in [-0.1, -0.05) is 50.5 Å². The van der Waals surface area contributed by atoms with E-state index in [1.807, 2.05) is 24.3 Å². The van der Waals surface area contributed by atoms with Crippen LogP contribution in [0.2, 0.25) is 0 Å². The highest BCUT2D eigenvalue weighted by Crippen LogP contribution is 2.34. The van der Waals surface area contributed by atoms with Crippen molar-refractivity contribution in [3.8, 4) is 5.75 Å². The van der Waals surface area contributed by atoms with E-state index in [9.17, 15) is 8.42 Å². The summed E-state index contributed by atoms with van der Waals surface area (Å²) in [7, 11) is -3.57. The maximum Gasteiger partial charge on any atom is 0.264 e. The van der Waals surface area contributed by atoms with Gasteiger partial charge in [0.1, 0.15) is 12.4 Å². The van der Waals surface area contributed by atoms with E-state index in [1.54, 1.807) is 24.3 Å². The Balaban J connectivity index is 1.77. The van der Waals surface area contributed by atoms with Crippen LogP contribution in [0.25, 0.3) is 0 Å². The van der Waals surface area contributed by atoms with Crippen molar-refractivity contribution in [2.75, 3.05) is 17.5 Å². The molecule has 1 aliphatic heterocycles. The van der Waals surface area contributed by atoms with Crippen LogP contribution in [0.5, 0.6) is 5.75 Å². The van der Waals surface area contributed by atoms with Gasteiger partial charge >= 0.3 is 0 Å². The molecule has 5 heteroatoms. The van der Waals surface area contributed by atoms with Crippen LogP contribution in [0.4, 0.5) is 5.69 Å². The Morgan fingerprint density at radius 3 is 2.52 bits per heavy atom. The van der Waals surface area contributed by atoms with Crippen LogP contribution in [0.3, 0.4) is 0 Å². The molecular formula is C20H25NO3S. The maximum atomic E-state index is 13.0. The smallest absolute Gasteiger partial charge is 0.264 e. The lowest BCUT2D eigenvalue weighted by Gasteiger charge is -2.30. The molecule has 0 bridgehead atoms. The van der Waals surface area contributed by atoms with Crippen LogP contribution in [0, 0.1) is 0 Å². The second kappa shape index (κ2) is 7.91. The number of para-hydroxylation sites is 2. The van der Waals surface area contributed by atoms with Crippen molar-refractivity contribution in [2.45, 2.75) is 43.9 Å². The van der Waals surface area contributed by atoms with Gasteiger partial charge in [0.25, 0.3) is 10.0 Å². The molecule has 0 unspecified atom stereocenters. The van der Waals surface area contributed by atoms with E-state index in [-0.39, 0.29) is 0 Å². The first-order valence-corrected chi connectivity index (χ1v) is 10.4. The zero-order valence-electron chi connectivity index (χ0n) is 14.6. The topological polar surface area (TPSA) is 46.6 Å². The molecule has 0 radical (unpaired) electrons. The quantitative estimate of drug-likeness (QED) is 0.689. The van der Waals surface area contributed by atoms with Gasteiger partial charge in [0.2, 0.25) is 0 Å². The molecule has 134 valence electrons. The fourth-order valence-corrected chi connectivity index (χ4v) is 4.56. The first-order valence-electron chi connectivity index (χ1n) is 8.96. The van der Waals surface area contributed by atoms with E-state index in [0.717, 1.165) is 12.8 Å². The summed E-state index contributed by atoms with van der Waals surface area (Å²) >= 11 is 0. The summed E-state index contributed by atoms with van der Waals surface area (Å²) in [5.41, 5.74) is 1.80. The molecule has 2 aromatic rings. The van der Waals surface area contributed by atoms with Crippen molar-refractivity contribution in [2.24, 2.45) is 0 Å². The van der Waals surface area contributed by atoms with Crippen molar-refractivity contribution < 1.29 is 13.2 Å². The lowest BCUT2D eigenvalue weighted by Crippen LogP contribution is -2.37. The highest BCUT2D eigenvalue weighted by Gasteiger charge is 2.29. The predicted octanol–water partition coefficient (Wildman–Crippen LogP) is 4.40. The van der Waals surface area contributed by atoms with E-state index in [0.29, 0.717) is 29.5 Å². The predicted molar refractivity (Wildman–Crippen MR) is 101 cm³/mol. The number of unbranched alkanes of at least 4 members (excludes halogenated alkanes) is 3. The first-order chi connectivity index (χ1) is 12.1. The van der Waals surface area contributed by atoms with E-state index >= 15 is 0 Å². The van der Waals surface area contributed by atoms with Crippen LogP contribution >= 0.6 is 0 Å². The van der Waals surface area contributed by atoms with Gasteiger partial charge in [-0.15, -0.1) is 0 Å². The number of sulfonamides is 1. The van der Waals surface area contributed by atoms with Gasteiger partial charge in [-0.25, -0.2) is 8.42 Å². The van der Waals surface area contributed by atoms with Gasteiger partial charge in [0.05, 0.1) is 17.1 Å². The van der Waals surface area contributed by atoms with Crippen LogP contribution in [0.1, 0.15) is 38.2 Å². The zero-order valence-corrected chi connectivity index (χ0v) is 15.5. The lowest BCUT2D eigenvalue weighted by atomic mass is 10.1. The van der Waals surface area contributed by atoms with Crippen molar-refractivity contribution >= 4 is 15.7 Å². The normalized spacial score (nSPS) is 14.0. The Morgan fingerprint density at radius 1 is 1.00 bits per heavy atom. The molecule has 0 saturated carbocycles. The SMILES string of the molecule is CCCCCCc1ccc(S(=O)(=O)N2CCOc3ccccc32)cc1. The van der Waals surface area contributed by atoms with E-state index in [4.69, 9.17) is 4.74 Å². The van der Waals surface area contributed by atoms with Gasteiger partial charge < -0.3 is 4.74 Å². The number of ether oxygens (including phenoxy) is 1. The number of nitrogens with zero attached hydrogens (tertiary/aromatic N) is 1. The molecule has 1 heterocycles. The number of anilines is 1. The molecule has 1 aliphatic rings. The van der Waals surface area contributed by atoms with Gasteiger partial charge in [0, 0.05) is 0 Å². The number of benzene rings is 2. The monoisotopic (exact) mass is 359 g/mol. The highest BCUT2D eigenvalue weighted by atomic mass is 32.2. The minimum Gasteiger partial charge on any atom is -0.489 e. The summed E-state index contributed by atoms with van der Waals surface area (Å²) in [6, 6.07) is 14.6. The van der Waals surface area contributed by atoms with Crippen LogP contribution in [-0.2, 0) is 16.4 Å². The van der Waals surface area contributed by atoms with Gasteiger partial charge in [-0.2, -0.15) is 0 Å². The van der Waals surface area contributed by atoms with Gasteiger partial charge in [-0.3, -0.25) is 4.31 Å². The molecule has 0 aromatic heterocycles. The summed E-state index contributed by atoms with van der Waals surface area (Å²) in [6.45, 7) is 2.90. The molecule has 2 aromatic carbocycles. The minimum atomic E-state index is -3.57. The molecular weight excluding hydrogens is 334 g/mol. The Kier molecular flexibility index (Phi) is 5.63. The number of fused-ring (bicyclic) bond motifs is 1. The average molecular weight is 359 g/mol. The van der Waals surface area contributed by atoms with Crippen molar-refractivity contribution in [3.63, 3.8) is 0 Å². The molecule has 0 spiro atoms. The summed E-state index contributed by atoms with van der Waals surface area (Å²) < 4.78 is 33.1. The fourth-order valence-electron chi connectivity index (χ4n) is 3.11. The summed E-state index contributed by atoms with van der Waals surface area (Å²) in [5, 5.41) is 0. The van der Waals surface area contributed by atoms with Crippen molar-refractivity contribution in [1.82, 2.24) is 0 Å². The summed E-state index contributed by atoms with van der Waals surface area (Å²) in [4.78, 5) is 0.335. The Labute approximate surface area is 150 Å². The molecule has 0 aliphatic carbocycles. The number of hydrogen-bond donors (Lipinski definition) is 0. The van der Waals surface area contributed by atoms with Gasteiger partial charge in [0.15, 0.2) is 0 Å². The number of hydrogen-bond acceptors (Lipinski definition) is 3. The average Bonchev–Trinajstić information content (AvgIpc) is 2.65. The third-order valence-corrected chi connectivity index (χ3v) is 6.34. The van der Waals surface area contributed by atoms with Crippen molar-refractivity contribution in [3.05, 3.63) is 54.1 Å². The molecule has 0 amide bonds. The third-order valence-electron chi connectivity index (χ3n) is 4.52. The van der Waals surface area contributed by atoms with E-state index < -0.39 is 10.0 Å². The highest BCUT2D eigenvalue weighted by molar-refractivity contribution is 7.92. The fraction of sp³-hybridized carbons (Fsp3) is 0.400. The molecule has 0 N–H and O–H groups in total. The van der Waals surface area contributed by atoms with Crippen molar-refractivity contribution in [1.29, 1.82) is 0 Å². The van der Waals surface area contributed by atoms with Crippen LogP contribution in [0.15, 0.2) is 53.4 Å². The number of aryl methyl sites for hydroxylation is 1. The maximum absolute atomic E-state index is 13.0. The Morgan fingerprint density at radius 2 is 1.76 bits per heavy atom. The molecule has 25 heavy (non-hydrogen) atoms. The molecule has 0 atom stereocenters. The summed E-state index contributed by atoms with van der Waals surface area (Å²) in [6.07, 6.45) is 5.85. The molecule has 0 fully saturated rings. The van der Waals surface area contributed by atoms with Crippen LogP contribution in [-0.4, -0.2) is 21.6 Å². The largest absolute Gasteiger partial charge is 0.489 e. The number of rotatable bonds is 7. The standard InChI is InChI=1S/C20H25NO3S/c1-2-3-4-5-8-17-11-13-18(14-12-17)25(22,23)21-15-16-24-20-10-7-6-9-19(20)21/h6-7,9-14H,2-5,8,15-16H2,1H3. The third kappa shape index (κ3) is 3.98. The zero-order chi connectivity index (χ0) is 17.7. The van der Waals surface area contributed by atoms with E-state index in [2.05, 4.69) is 6.92 Å². The first kappa shape index (κ1) is 17.8. The minimum absolute atomic E-state index is 0.331. The summed E-state index contributed by atoms with van der Waals surface area (Å²) in [5.74, 6) is 0.616. The van der Waals surface area contributed by atoms with Gasteiger partial charge in [-0.05, 0) is 42.7 Å². The molecule has 0 saturated heterocycles. The van der Waals surface area contributed by atoms with Crippen LogP contribution < -0.4 is 9.04 Å². The molecule has 4 nitrogen and oxygen atoms in total. The second-order valence-corrected chi connectivity index (χ2v) is 8.21.